The molecule has 3 N–H and O–H groups in total. The number of amides is 1. The van der Waals surface area contributed by atoms with E-state index in [0.29, 0.717) is 6.54 Å². The van der Waals surface area contributed by atoms with E-state index in [0.717, 1.165) is 60.3 Å². The van der Waals surface area contributed by atoms with E-state index in [1.165, 1.54) is 11.3 Å². The summed E-state index contributed by atoms with van der Waals surface area (Å²) in [6.45, 7) is 8.76. The van der Waals surface area contributed by atoms with Crippen molar-refractivity contribution < 1.29 is 9.53 Å². The van der Waals surface area contributed by atoms with E-state index in [-0.39, 0.29) is 11.3 Å². The Morgan fingerprint density at radius 3 is 2.68 bits per heavy atom. The Morgan fingerprint density at radius 1 is 1.16 bits per heavy atom. The Morgan fingerprint density at radius 2 is 1.97 bits per heavy atom. The standard InChI is InChI=1S/C26H31N3O2/c1-25(2,3)23-15-18-14-20(6-7-21(18)29(23)12-11-27)28-24(30)26(9-10-26)19-5-4-17-8-13-31-22(17)16-19/h4-7,14-16H,8-13,27H2,1-3H3,(H,28,30). The maximum absolute atomic E-state index is 13.3. The number of rotatable bonds is 5. The first-order valence-electron chi connectivity index (χ1n) is 11.2. The van der Waals surface area contributed by atoms with Gasteiger partial charge in [0.05, 0.1) is 12.0 Å². The highest BCUT2D eigenvalue weighted by atomic mass is 16.5. The summed E-state index contributed by atoms with van der Waals surface area (Å²) >= 11 is 0. The van der Waals surface area contributed by atoms with Gasteiger partial charge in [-0.15, -0.1) is 0 Å². The molecule has 0 atom stereocenters. The number of nitrogens with one attached hydrogen (secondary N) is 1. The number of nitrogens with two attached hydrogens (primary N) is 1. The van der Waals surface area contributed by atoms with Gasteiger partial charge >= 0.3 is 0 Å². The lowest BCUT2D eigenvalue weighted by Gasteiger charge is -2.21. The fraction of sp³-hybridized carbons (Fsp3) is 0.423. The van der Waals surface area contributed by atoms with Gasteiger partial charge in [0.15, 0.2) is 0 Å². The monoisotopic (exact) mass is 417 g/mol. The van der Waals surface area contributed by atoms with Crippen LogP contribution in [0.2, 0.25) is 0 Å². The van der Waals surface area contributed by atoms with Crippen LogP contribution in [0.25, 0.3) is 10.9 Å². The first-order chi connectivity index (χ1) is 14.8. The number of nitrogens with zero attached hydrogens (tertiary/aromatic N) is 1. The molecule has 31 heavy (non-hydrogen) atoms. The number of carbonyl (C=O) groups is 1. The molecule has 0 spiro atoms. The fourth-order valence-electron chi connectivity index (χ4n) is 4.83. The van der Waals surface area contributed by atoms with Crippen LogP contribution in [0.15, 0.2) is 42.5 Å². The van der Waals surface area contributed by atoms with E-state index in [9.17, 15) is 4.79 Å². The Hall–Kier alpha value is -2.79. The number of hydrogen-bond acceptors (Lipinski definition) is 3. The molecule has 1 fully saturated rings. The molecule has 0 saturated heterocycles. The third-order valence-corrected chi connectivity index (χ3v) is 6.71. The Balaban J connectivity index is 1.43. The van der Waals surface area contributed by atoms with Gasteiger partial charge < -0.3 is 20.4 Å². The number of ether oxygens (including phenoxy) is 1. The molecule has 1 aliphatic carbocycles. The summed E-state index contributed by atoms with van der Waals surface area (Å²) in [4.78, 5) is 13.3. The topological polar surface area (TPSA) is 69.3 Å². The van der Waals surface area contributed by atoms with E-state index in [1.54, 1.807) is 0 Å². The van der Waals surface area contributed by atoms with Crippen LogP contribution < -0.4 is 15.8 Å². The van der Waals surface area contributed by atoms with Crippen LogP contribution in [-0.2, 0) is 28.6 Å². The summed E-state index contributed by atoms with van der Waals surface area (Å²) in [6, 6.07) is 14.7. The smallest absolute Gasteiger partial charge is 0.235 e. The second-order valence-electron chi connectivity index (χ2n) is 9.95. The van der Waals surface area contributed by atoms with Crippen molar-refractivity contribution >= 4 is 22.5 Å². The highest BCUT2D eigenvalue weighted by molar-refractivity contribution is 6.02. The molecular formula is C26H31N3O2. The molecule has 0 bridgehead atoms. The van der Waals surface area contributed by atoms with Crippen LogP contribution in [0, 0.1) is 0 Å². The van der Waals surface area contributed by atoms with Gasteiger partial charge in [0.1, 0.15) is 5.75 Å². The zero-order valence-corrected chi connectivity index (χ0v) is 18.6. The predicted octanol–water partition coefficient (Wildman–Crippen LogP) is 4.50. The van der Waals surface area contributed by atoms with Gasteiger partial charge in [-0.05, 0) is 54.3 Å². The molecule has 1 aliphatic heterocycles. The highest BCUT2D eigenvalue weighted by Crippen LogP contribution is 2.50. The average Bonchev–Trinajstić information content (AvgIpc) is 3.27. The van der Waals surface area contributed by atoms with Gasteiger partial charge in [0.25, 0.3) is 0 Å². The molecule has 2 aliphatic rings. The maximum atomic E-state index is 13.3. The molecule has 3 aromatic rings. The lowest BCUT2D eigenvalue weighted by Crippen LogP contribution is -2.27. The van der Waals surface area contributed by atoms with E-state index < -0.39 is 5.41 Å². The molecule has 5 heteroatoms. The summed E-state index contributed by atoms with van der Waals surface area (Å²) in [5.41, 5.74) is 11.0. The fourth-order valence-corrected chi connectivity index (χ4v) is 4.83. The van der Waals surface area contributed by atoms with Crippen molar-refractivity contribution in [3.8, 4) is 5.75 Å². The number of fused-ring (bicyclic) bond motifs is 2. The second kappa shape index (κ2) is 7.13. The first-order valence-corrected chi connectivity index (χ1v) is 11.2. The van der Waals surface area contributed by atoms with Gasteiger partial charge in [-0.25, -0.2) is 0 Å². The van der Waals surface area contributed by atoms with Crippen LogP contribution in [-0.4, -0.2) is 23.6 Å². The molecule has 5 nitrogen and oxygen atoms in total. The van der Waals surface area contributed by atoms with Crippen molar-refractivity contribution in [3.05, 3.63) is 59.3 Å². The van der Waals surface area contributed by atoms with Crippen molar-refractivity contribution in [2.45, 2.75) is 57.4 Å². The highest BCUT2D eigenvalue weighted by Gasteiger charge is 2.51. The van der Waals surface area contributed by atoms with Gasteiger partial charge in [-0.1, -0.05) is 32.9 Å². The third kappa shape index (κ3) is 3.41. The van der Waals surface area contributed by atoms with Gasteiger partial charge in [-0.2, -0.15) is 0 Å². The lowest BCUT2D eigenvalue weighted by atomic mass is 9.92. The van der Waals surface area contributed by atoms with Gasteiger partial charge in [-0.3, -0.25) is 4.79 Å². The minimum Gasteiger partial charge on any atom is -0.493 e. The second-order valence-corrected chi connectivity index (χ2v) is 9.95. The van der Waals surface area contributed by atoms with Crippen molar-refractivity contribution in [1.29, 1.82) is 0 Å². The Bertz CT molecular complexity index is 1170. The molecule has 2 heterocycles. The maximum Gasteiger partial charge on any atom is 0.235 e. The summed E-state index contributed by atoms with van der Waals surface area (Å²) in [6.07, 6.45) is 2.71. The van der Waals surface area contributed by atoms with Crippen LogP contribution in [0.5, 0.6) is 5.75 Å². The molecule has 2 aromatic carbocycles. The third-order valence-electron chi connectivity index (χ3n) is 6.71. The van der Waals surface area contributed by atoms with Crippen molar-refractivity contribution in [1.82, 2.24) is 4.57 Å². The summed E-state index contributed by atoms with van der Waals surface area (Å²) in [5.74, 6) is 1.01. The lowest BCUT2D eigenvalue weighted by molar-refractivity contribution is -0.118. The molecule has 0 unspecified atom stereocenters. The van der Waals surface area contributed by atoms with Gasteiger partial charge in [0.2, 0.25) is 5.91 Å². The molecule has 1 saturated carbocycles. The molecule has 162 valence electrons. The summed E-state index contributed by atoms with van der Waals surface area (Å²) < 4.78 is 8.03. The van der Waals surface area contributed by atoms with E-state index >= 15 is 0 Å². The quantitative estimate of drug-likeness (QED) is 0.642. The van der Waals surface area contributed by atoms with Crippen LogP contribution in [0.3, 0.4) is 0 Å². The zero-order chi connectivity index (χ0) is 21.8. The number of carbonyl (C=O) groups excluding carboxylic acids is 1. The molecule has 5 rings (SSSR count). The predicted molar refractivity (Wildman–Crippen MR) is 125 cm³/mol. The minimum absolute atomic E-state index is 0.0192. The van der Waals surface area contributed by atoms with Crippen molar-refractivity contribution in [2.75, 3.05) is 18.5 Å². The van der Waals surface area contributed by atoms with Crippen LogP contribution >= 0.6 is 0 Å². The largest absolute Gasteiger partial charge is 0.493 e. The summed E-state index contributed by atoms with van der Waals surface area (Å²) in [5, 5.41) is 4.32. The van der Waals surface area contributed by atoms with E-state index in [2.05, 4.69) is 67.1 Å². The number of hydrogen-bond donors (Lipinski definition) is 2. The van der Waals surface area contributed by atoms with E-state index in [4.69, 9.17) is 10.5 Å². The number of aromatic nitrogens is 1. The van der Waals surface area contributed by atoms with Crippen molar-refractivity contribution in [2.24, 2.45) is 5.73 Å². The SMILES string of the molecule is CC(C)(C)c1cc2cc(NC(=O)C3(c4ccc5c(c4)OCC5)CC3)ccc2n1CCN. The van der Waals surface area contributed by atoms with Gasteiger partial charge in [0, 0.05) is 47.2 Å². The molecule has 1 aromatic heterocycles. The number of benzene rings is 2. The molecule has 1 amide bonds. The van der Waals surface area contributed by atoms with Crippen LogP contribution in [0.4, 0.5) is 5.69 Å². The average molecular weight is 418 g/mol. The normalized spacial score (nSPS) is 16.8. The molecular weight excluding hydrogens is 386 g/mol. The first kappa shape index (κ1) is 20.1. The Kier molecular flexibility index (Phi) is 4.63. The van der Waals surface area contributed by atoms with Crippen molar-refractivity contribution in [3.63, 3.8) is 0 Å². The minimum atomic E-state index is -0.433. The zero-order valence-electron chi connectivity index (χ0n) is 18.6. The number of anilines is 1. The van der Waals surface area contributed by atoms with Crippen LogP contribution in [0.1, 0.15) is 50.4 Å². The summed E-state index contributed by atoms with van der Waals surface area (Å²) in [7, 11) is 0. The van der Waals surface area contributed by atoms with E-state index in [1.807, 2.05) is 6.07 Å². The Labute approximate surface area is 183 Å². The molecule has 0 radical (unpaired) electrons.